The van der Waals surface area contributed by atoms with E-state index >= 15 is 0 Å². The molecule has 2 aromatic rings. The van der Waals surface area contributed by atoms with E-state index in [2.05, 4.69) is 25.6 Å². The molecule has 1 heterocycles. The Morgan fingerprint density at radius 2 is 2.05 bits per heavy atom. The summed E-state index contributed by atoms with van der Waals surface area (Å²) >= 11 is 3.11. The van der Waals surface area contributed by atoms with Gasteiger partial charge in [-0.25, -0.2) is 12.8 Å². The molecule has 0 bridgehead atoms. The van der Waals surface area contributed by atoms with Gasteiger partial charge >= 0.3 is 0 Å². The maximum atomic E-state index is 13.7. The summed E-state index contributed by atoms with van der Waals surface area (Å²) in [7, 11) is -3.94. The molecule has 0 aliphatic carbocycles. The van der Waals surface area contributed by atoms with E-state index in [0.717, 1.165) is 12.3 Å². The summed E-state index contributed by atoms with van der Waals surface area (Å²) in [4.78, 5) is 3.64. The lowest BCUT2D eigenvalue weighted by atomic mass is 10.2. The average molecular weight is 356 g/mol. The molecule has 102 valence electrons. The zero-order valence-corrected chi connectivity index (χ0v) is 12.2. The van der Waals surface area contributed by atoms with E-state index < -0.39 is 15.8 Å². The van der Waals surface area contributed by atoms with Crippen molar-refractivity contribution < 1.29 is 12.8 Å². The number of nitrogens with zero attached hydrogens (tertiary/aromatic N) is 2. The number of anilines is 1. The first-order valence-corrected chi connectivity index (χ1v) is 7.53. The van der Waals surface area contributed by atoms with Gasteiger partial charge in [0, 0.05) is 16.9 Å². The van der Waals surface area contributed by atoms with E-state index in [-0.39, 0.29) is 16.1 Å². The zero-order chi connectivity index (χ0) is 14.8. The van der Waals surface area contributed by atoms with Gasteiger partial charge in [-0.15, -0.1) is 0 Å². The van der Waals surface area contributed by atoms with Crippen LogP contribution in [-0.2, 0) is 10.0 Å². The number of halogens is 2. The van der Waals surface area contributed by atoms with Crippen LogP contribution in [0.15, 0.2) is 46.0 Å². The first-order valence-electron chi connectivity index (χ1n) is 5.25. The van der Waals surface area contributed by atoms with Gasteiger partial charge in [0.1, 0.15) is 10.7 Å². The molecular formula is C12H7BrFN3O2S. The molecule has 2 rings (SSSR count). The van der Waals surface area contributed by atoms with Gasteiger partial charge in [-0.3, -0.25) is 9.71 Å². The van der Waals surface area contributed by atoms with Crippen molar-refractivity contribution in [1.29, 1.82) is 5.26 Å². The number of benzene rings is 1. The highest BCUT2D eigenvalue weighted by atomic mass is 79.9. The predicted octanol–water partition coefficient (Wildman–Crippen LogP) is 2.66. The van der Waals surface area contributed by atoms with E-state index in [4.69, 9.17) is 5.26 Å². The highest BCUT2D eigenvalue weighted by molar-refractivity contribution is 9.10. The lowest BCUT2D eigenvalue weighted by Crippen LogP contribution is -2.14. The Morgan fingerprint density at radius 1 is 1.30 bits per heavy atom. The van der Waals surface area contributed by atoms with Crippen molar-refractivity contribution in [2.24, 2.45) is 0 Å². The molecule has 0 amide bonds. The maximum Gasteiger partial charge on any atom is 0.263 e. The number of nitriles is 1. The summed E-state index contributed by atoms with van der Waals surface area (Å²) < 4.78 is 40.4. The molecule has 0 aliphatic rings. The second-order valence-corrected chi connectivity index (χ2v) is 6.35. The third-order valence-corrected chi connectivity index (χ3v) is 4.10. The average Bonchev–Trinajstić information content (AvgIpc) is 2.41. The fourth-order valence-electron chi connectivity index (χ4n) is 1.41. The van der Waals surface area contributed by atoms with E-state index in [9.17, 15) is 12.8 Å². The smallest absolute Gasteiger partial charge is 0.263 e. The molecule has 1 aromatic carbocycles. The highest BCUT2D eigenvalue weighted by Crippen LogP contribution is 2.21. The molecule has 0 atom stereocenters. The Labute approximate surface area is 123 Å². The molecule has 0 saturated carbocycles. The minimum atomic E-state index is -3.94. The Bertz CT molecular complexity index is 803. The van der Waals surface area contributed by atoms with Gasteiger partial charge < -0.3 is 0 Å². The van der Waals surface area contributed by atoms with Crippen LogP contribution in [0.4, 0.5) is 10.1 Å². The quantitative estimate of drug-likeness (QED) is 0.917. The molecule has 0 unspecified atom stereocenters. The monoisotopic (exact) mass is 355 g/mol. The van der Waals surface area contributed by atoms with Crippen LogP contribution < -0.4 is 4.72 Å². The van der Waals surface area contributed by atoms with E-state index in [1.54, 1.807) is 6.07 Å². The van der Waals surface area contributed by atoms with Crippen molar-refractivity contribution in [2.45, 2.75) is 4.90 Å². The molecule has 1 N–H and O–H groups in total. The minimum absolute atomic E-state index is 0.101. The lowest BCUT2D eigenvalue weighted by molar-refractivity contribution is 0.598. The van der Waals surface area contributed by atoms with Gasteiger partial charge in [-0.1, -0.05) is 0 Å². The number of aromatic nitrogens is 1. The normalized spacial score (nSPS) is 10.8. The number of hydrogen-bond acceptors (Lipinski definition) is 4. The van der Waals surface area contributed by atoms with E-state index in [1.807, 2.05) is 0 Å². The Morgan fingerprint density at radius 3 is 2.65 bits per heavy atom. The van der Waals surface area contributed by atoms with E-state index in [0.29, 0.717) is 4.47 Å². The topological polar surface area (TPSA) is 82.9 Å². The Balaban J connectivity index is 2.36. The zero-order valence-electron chi connectivity index (χ0n) is 9.84. The predicted molar refractivity (Wildman–Crippen MR) is 73.9 cm³/mol. The van der Waals surface area contributed by atoms with Crippen LogP contribution in [0.2, 0.25) is 0 Å². The molecule has 0 aliphatic heterocycles. The molecule has 0 radical (unpaired) electrons. The lowest BCUT2D eigenvalue weighted by Gasteiger charge is -2.09. The summed E-state index contributed by atoms with van der Waals surface area (Å²) in [5, 5.41) is 8.63. The third-order valence-electron chi connectivity index (χ3n) is 2.33. The first-order chi connectivity index (χ1) is 9.42. The summed E-state index contributed by atoms with van der Waals surface area (Å²) in [6.45, 7) is 0. The summed E-state index contributed by atoms with van der Waals surface area (Å²) in [5.41, 5.74) is -0.126. The van der Waals surface area contributed by atoms with E-state index in [1.165, 1.54) is 24.4 Å². The standard InChI is InChI=1S/C12H7BrFN3O2S/c13-9-4-10(7-16-6-9)20(18,19)17-12-2-1-8(5-15)3-11(12)14/h1-4,6-7,17H. The SMILES string of the molecule is N#Cc1ccc(NS(=O)(=O)c2cncc(Br)c2)c(F)c1. The van der Waals surface area contributed by atoms with Crippen LogP contribution in [0.1, 0.15) is 5.56 Å². The van der Waals surface area contributed by atoms with Crippen LogP contribution in [0.25, 0.3) is 0 Å². The number of nitrogens with one attached hydrogen (secondary N) is 1. The Hall–Kier alpha value is -1.98. The third kappa shape index (κ3) is 3.12. The van der Waals surface area contributed by atoms with Crippen molar-refractivity contribution in [3.8, 4) is 6.07 Å². The van der Waals surface area contributed by atoms with Gasteiger partial charge in [0.05, 0.1) is 17.3 Å². The largest absolute Gasteiger partial charge is 0.277 e. The summed E-state index contributed by atoms with van der Waals surface area (Å²) in [6.07, 6.45) is 2.58. The number of hydrogen-bond donors (Lipinski definition) is 1. The van der Waals surface area contributed by atoms with Crippen molar-refractivity contribution >= 4 is 31.6 Å². The molecule has 20 heavy (non-hydrogen) atoms. The van der Waals surface area contributed by atoms with Crippen molar-refractivity contribution in [3.05, 3.63) is 52.5 Å². The first kappa shape index (κ1) is 14.4. The van der Waals surface area contributed by atoms with Gasteiger partial charge in [0.25, 0.3) is 10.0 Å². The fourth-order valence-corrected chi connectivity index (χ4v) is 2.98. The van der Waals surface area contributed by atoms with Gasteiger partial charge in [0.15, 0.2) is 0 Å². The number of sulfonamides is 1. The van der Waals surface area contributed by atoms with Gasteiger partial charge in [0.2, 0.25) is 0 Å². The molecule has 0 fully saturated rings. The maximum absolute atomic E-state index is 13.7. The van der Waals surface area contributed by atoms with Gasteiger partial charge in [-0.2, -0.15) is 5.26 Å². The van der Waals surface area contributed by atoms with Gasteiger partial charge in [-0.05, 0) is 40.2 Å². The van der Waals surface area contributed by atoms with Crippen molar-refractivity contribution in [1.82, 2.24) is 4.98 Å². The van der Waals surface area contributed by atoms with Crippen LogP contribution in [0.3, 0.4) is 0 Å². The van der Waals surface area contributed by atoms with Crippen LogP contribution >= 0.6 is 15.9 Å². The van der Waals surface area contributed by atoms with Crippen molar-refractivity contribution in [2.75, 3.05) is 4.72 Å². The highest BCUT2D eigenvalue weighted by Gasteiger charge is 2.17. The minimum Gasteiger partial charge on any atom is -0.277 e. The van der Waals surface area contributed by atoms with Crippen molar-refractivity contribution in [3.63, 3.8) is 0 Å². The molecular weight excluding hydrogens is 349 g/mol. The summed E-state index contributed by atoms with van der Waals surface area (Å²) in [5.74, 6) is -0.824. The van der Waals surface area contributed by atoms with Crippen LogP contribution in [-0.4, -0.2) is 13.4 Å². The molecule has 1 aromatic heterocycles. The Kier molecular flexibility index (Phi) is 4.01. The molecule has 0 spiro atoms. The second-order valence-electron chi connectivity index (χ2n) is 3.75. The summed E-state index contributed by atoms with van der Waals surface area (Å²) in [6, 6.07) is 6.57. The van der Waals surface area contributed by atoms with Crippen LogP contribution in [0, 0.1) is 17.1 Å². The molecule has 8 heteroatoms. The fraction of sp³-hybridized carbons (Fsp3) is 0. The van der Waals surface area contributed by atoms with Crippen LogP contribution in [0.5, 0.6) is 0 Å². The second kappa shape index (κ2) is 5.56. The number of pyridine rings is 1. The number of rotatable bonds is 3. The molecule has 5 nitrogen and oxygen atoms in total. The molecule has 0 saturated heterocycles.